The highest BCUT2D eigenvalue weighted by molar-refractivity contribution is 5.79. The lowest BCUT2D eigenvalue weighted by atomic mass is 9.91. The van der Waals surface area contributed by atoms with Gasteiger partial charge in [-0.05, 0) is 53.4 Å². The highest BCUT2D eigenvalue weighted by atomic mass is 19.4. The van der Waals surface area contributed by atoms with Crippen LogP contribution >= 0.6 is 0 Å². The molecular weight excluding hydrogens is 459 g/mol. The van der Waals surface area contributed by atoms with E-state index in [1.54, 1.807) is 12.0 Å². The summed E-state index contributed by atoms with van der Waals surface area (Å²) in [5.74, 6) is 1.08. The maximum Gasteiger partial charge on any atom is 0.416 e. The molecule has 0 fully saturated rings. The molecule has 3 aromatic carbocycles. The number of carbonyl (C=O) groups excluding carboxylic acids is 1. The Bertz CT molecular complexity index is 1180. The minimum Gasteiger partial charge on any atom is -0.493 e. The summed E-state index contributed by atoms with van der Waals surface area (Å²) in [6.45, 7) is 0.440. The molecule has 0 aliphatic carbocycles. The average molecular weight is 486 g/mol. The summed E-state index contributed by atoms with van der Waals surface area (Å²) in [5.41, 5.74) is 1.89. The molecule has 1 atom stereocenters. The van der Waals surface area contributed by atoms with Crippen molar-refractivity contribution < 1.29 is 32.2 Å². The molecule has 5 nitrogen and oxygen atoms in total. The predicted octanol–water partition coefficient (Wildman–Crippen LogP) is 5.47. The van der Waals surface area contributed by atoms with Crippen molar-refractivity contribution in [3.8, 4) is 17.2 Å². The van der Waals surface area contributed by atoms with Crippen LogP contribution in [0.25, 0.3) is 0 Å². The van der Waals surface area contributed by atoms with Crippen molar-refractivity contribution in [2.45, 2.75) is 25.1 Å². The molecule has 4 rings (SSSR count). The Morgan fingerprint density at radius 1 is 0.971 bits per heavy atom. The topological polar surface area (TPSA) is 48.0 Å². The van der Waals surface area contributed by atoms with E-state index in [9.17, 15) is 18.0 Å². The van der Waals surface area contributed by atoms with E-state index in [0.717, 1.165) is 28.8 Å². The van der Waals surface area contributed by atoms with E-state index in [-0.39, 0.29) is 24.7 Å². The van der Waals surface area contributed by atoms with E-state index >= 15 is 0 Å². The van der Waals surface area contributed by atoms with E-state index in [2.05, 4.69) is 0 Å². The number of carbonyl (C=O) groups is 1. The van der Waals surface area contributed by atoms with Gasteiger partial charge in [0.2, 0.25) is 5.91 Å². The monoisotopic (exact) mass is 485 g/mol. The van der Waals surface area contributed by atoms with Gasteiger partial charge in [-0.25, -0.2) is 0 Å². The highest BCUT2D eigenvalue weighted by Gasteiger charge is 2.34. The third-order valence-corrected chi connectivity index (χ3v) is 6.09. The lowest BCUT2D eigenvalue weighted by molar-refractivity contribution is -0.137. The molecule has 1 aliphatic rings. The average Bonchev–Trinajstić information content (AvgIpc) is 2.86. The summed E-state index contributed by atoms with van der Waals surface area (Å²) >= 11 is 0. The number of rotatable bonds is 7. The summed E-state index contributed by atoms with van der Waals surface area (Å²) in [6, 6.07) is 17.3. The van der Waals surface area contributed by atoms with Gasteiger partial charge in [0.15, 0.2) is 11.5 Å². The van der Waals surface area contributed by atoms with E-state index in [4.69, 9.17) is 14.2 Å². The van der Waals surface area contributed by atoms with Crippen LogP contribution in [-0.4, -0.2) is 38.2 Å². The first kappa shape index (κ1) is 24.4. The van der Waals surface area contributed by atoms with Crippen LogP contribution in [0, 0.1) is 0 Å². The van der Waals surface area contributed by atoms with Crippen LogP contribution in [0.15, 0.2) is 66.7 Å². The largest absolute Gasteiger partial charge is 0.493 e. The molecule has 0 radical (unpaired) electrons. The molecule has 1 aliphatic heterocycles. The fraction of sp³-hybridized carbons (Fsp3) is 0.296. The zero-order valence-corrected chi connectivity index (χ0v) is 19.5. The van der Waals surface area contributed by atoms with Gasteiger partial charge in [-0.2, -0.15) is 13.2 Å². The molecule has 35 heavy (non-hydrogen) atoms. The maximum atomic E-state index is 13.3. The standard InChI is InChI=1S/C27H26F3NO4/c1-33-24-14-19-11-12-31(26(32)13-18-7-4-3-5-8-18)23(22(19)16-25(24)34-2)17-35-21-10-6-9-20(15-21)27(28,29)30/h3-10,14-16,23H,11-13,17H2,1-2H3. The van der Waals surface area contributed by atoms with Gasteiger partial charge in [0.25, 0.3) is 0 Å². The van der Waals surface area contributed by atoms with Crippen LogP contribution in [0.1, 0.15) is 28.3 Å². The van der Waals surface area contributed by atoms with Gasteiger partial charge in [-0.1, -0.05) is 36.4 Å². The Balaban J connectivity index is 1.65. The van der Waals surface area contributed by atoms with Crippen LogP contribution < -0.4 is 14.2 Å². The zero-order chi connectivity index (χ0) is 25.0. The zero-order valence-electron chi connectivity index (χ0n) is 19.5. The van der Waals surface area contributed by atoms with Crippen molar-refractivity contribution >= 4 is 5.91 Å². The molecule has 3 aromatic rings. The number of benzene rings is 3. The maximum absolute atomic E-state index is 13.3. The molecule has 184 valence electrons. The molecule has 0 N–H and O–H groups in total. The first-order valence-corrected chi connectivity index (χ1v) is 11.2. The number of fused-ring (bicyclic) bond motifs is 1. The van der Waals surface area contributed by atoms with Crippen molar-refractivity contribution in [3.63, 3.8) is 0 Å². The Kier molecular flexibility index (Phi) is 7.19. The van der Waals surface area contributed by atoms with Gasteiger partial charge in [-0.3, -0.25) is 4.79 Å². The third-order valence-electron chi connectivity index (χ3n) is 6.09. The molecule has 0 aromatic heterocycles. The lowest BCUT2D eigenvalue weighted by Crippen LogP contribution is -2.43. The summed E-state index contributed by atoms with van der Waals surface area (Å²) < 4.78 is 56.2. The number of methoxy groups -OCH3 is 2. The molecule has 1 unspecified atom stereocenters. The number of ether oxygens (including phenoxy) is 3. The number of hydrogen-bond donors (Lipinski definition) is 0. The minimum absolute atomic E-state index is 0.00960. The highest BCUT2D eigenvalue weighted by Crippen LogP contribution is 2.39. The SMILES string of the molecule is COc1cc2c(cc1OC)C(COc1cccc(C(F)(F)F)c1)N(C(=O)Cc1ccccc1)CC2. The van der Waals surface area contributed by atoms with Gasteiger partial charge in [0.05, 0.1) is 32.2 Å². The van der Waals surface area contributed by atoms with Gasteiger partial charge < -0.3 is 19.1 Å². The van der Waals surface area contributed by atoms with Gasteiger partial charge in [0, 0.05) is 6.54 Å². The quantitative estimate of drug-likeness (QED) is 0.445. The van der Waals surface area contributed by atoms with Crippen LogP contribution in [0.4, 0.5) is 13.2 Å². The second-order valence-electron chi connectivity index (χ2n) is 8.26. The van der Waals surface area contributed by atoms with Crippen molar-refractivity contribution in [1.29, 1.82) is 0 Å². The fourth-order valence-corrected chi connectivity index (χ4v) is 4.32. The van der Waals surface area contributed by atoms with Crippen LogP contribution in [0.3, 0.4) is 0 Å². The van der Waals surface area contributed by atoms with Crippen LogP contribution in [0.5, 0.6) is 17.2 Å². The molecular formula is C27H26F3NO4. The second-order valence-corrected chi connectivity index (χ2v) is 8.26. The molecule has 1 amide bonds. The lowest BCUT2D eigenvalue weighted by Gasteiger charge is -2.37. The van der Waals surface area contributed by atoms with E-state index in [1.165, 1.54) is 19.2 Å². The summed E-state index contributed by atoms with van der Waals surface area (Å²) in [4.78, 5) is 15.1. The normalized spacial score (nSPS) is 15.3. The van der Waals surface area contributed by atoms with Crippen molar-refractivity contribution in [3.05, 3.63) is 89.0 Å². The van der Waals surface area contributed by atoms with E-state index < -0.39 is 17.8 Å². The van der Waals surface area contributed by atoms with Crippen molar-refractivity contribution in [1.82, 2.24) is 4.90 Å². The van der Waals surface area contributed by atoms with Crippen LogP contribution in [-0.2, 0) is 23.8 Å². The molecule has 1 heterocycles. The Labute approximate surface area is 202 Å². The fourth-order valence-electron chi connectivity index (χ4n) is 4.32. The summed E-state index contributed by atoms with van der Waals surface area (Å²) in [6.07, 6.45) is -3.65. The number of alkyl halides is 3. The molecule has 8 heteroatoms. The first-order valence-electron chi connectivity index (χ1n) is 11.2. The van der Waals surface area contributed by atoms with E-state index in [0.29, 0.717) is 24.5 Å². The van der Waals surface area contributed by atoms with Crippen molar-refractivity contribution in [2.24, 2.45) is 0 Å². The Hall–Kier alpha value is -3.68. The van der Waals surface area contributed by atoms with Gasteiger partial charge in [0.1, 0.15) is 12.4 Å². The Morgan fingerprint density at radius 3 is 2.37 bits per heavy atom. The molecule has 0 spiro atoms. The molecule has 0 bridgehead atoms. The van der Waals surface area contributed by atoms with Gasteiger partial charge >= 0.3 is 6.18 Å². The summed E-state index contributed by atoms with van der Waals surface area (Å²) in [7, 11) is 3.08. The Morgan fingerprint density at radius 2 is 1.69 bits per heavy atom. The second kappa shape index (κ2) is 10.3. The predicted molar refractivity (Wildman–Crippen MR) is 125 cm³/mol. The van der Waals surface area contributed by atoms with E-state index in [1.807, 2.05) is 42.5 Å². The molecule has 0 saturated carbocycles. The third kappa shape index (κ3) is 5.53. The summed E-state index contributed by atoms with van der Waals surface area (Å²) in [5, 5.41) is 0. The number of halogens is 3. The number of amides is 1. The number of nitrogens with zero attached hydrogens (tertiary/aromatic N) is 1. The smallest absolute Gasteiger partial charge is 0.416 e. The number of hydrogen-bond acceptors (Lipinski definition) is 4. The van der Waals surface area contributed by atoms with Crippen LogP contribution in [0.2, 0.25) is 0 Å². The first-order chi connectivity index (χ1) is 16.8. The van der Waals surface area contributed by atoms with Gasteiger partial charge in [-0.15, -0.1) is 0 Å². The molecule has 0 saturated heterocycles. The minimum atomic E-state index is -4.47. The van der Waals surface area contributed by atoms with Crippen molar-refractivity contribution in [2.75, 3.05) is 27.4 Å².